The summed E-state index contributed by atoms with van der Waals surface area (Å²) < 4.78 is 0. The van der Waals surface area contributed by atoms with Crippen LogP contribution in [0.1, 0.15) is 6.92 Å². The summed E-state index contributed by atoms with van der Waals surface area (Å²) in [6.07, 6.45) is 2.21. The first kappa shape index (κ1) is 8.75. The third-order valence-electron chi connectivity index (χ3n) is 1.79. The zero-order valence-electron chi connectivity index (χ0n) is 6.59. The Hall–Kier alpha value is 0.660. The van der Waals surface area contributed by atoms with E-state index in [1.165, 1.54) is 18.8 Å². The van der Waals surface area contributed by atoms with Crippen LogP contribution in [-0.4, -0.2) is 35.6 Å². The van der Waals surface area contributed by atoms with Crippen LogP contribution in [0.4, 0.5) is 0 Å². The summed E-state index contributed by atoms with van der Waals surface area (Å²) >= 11 is 4.09. The molecule has 3 heteroatoms. The average Bonchev–Trinajstić information content (AvgIpc) is 2.36. The van der Waals surface area contributed by atoms with Gasteiger partial charge in [-0.3, -0.25) is 0 Å². The van der Waals surface area contributed by atoms with Crippen molar-refractivity contribution in [2.24, 2.45) is 0 Å². The first-order chi connectivity index (χ1) is 4.88. The molecule has 0 amide bonds. The summed E-state index contributed by atoms with van der Waals surface area (Å²) in [7, 11) is 0. The van der Waals surface area contributed by atoms with Gasteiger partial charge >= 0.3 is 0 Å². The fourth-order valence-corrected chi connectivity index (χ4v) is 3.47. The van der Waals surface area contributed by atoms with E-state index in [0.29, 0.717) is 0 Å². The first-order valence-corrected chi connectivity index (χ1v) is 6.07. The molecule has 0 aliphatic carbocycles. The molecule has 0 saturated carbocycles. The molecule has 1 nitrogen and oxygen atoms in total. The number of hydrogen-bond donors (Lipinski definition) is 1. The molecule has 1 rings (SSSR count). The van der Waals surface area contributed by atoms with Crippen molar-refractivity contribution in [1.29, 1.82) is 0 Å². The van der Waals surface area contributed by atoms with E-state index < -0.39 is 0 Å². The maximum Gasteiger partial charge on any atom is 0.0303 e. The summed E-state index contributed by atoms with van der Waals surface area (Å²) in [5, 5.41) is 5.13. The zero-order valence-corrected chi connectivity index (χ0v) is 8.23. The van der Waals surface area contributed by atoms with E-state index in [4.69, 9.17) is 0 Å². The molecule has 1 N–H and O–H groups in total. The van der Waals surface area contributed by atoms with Crippen LogP contribution in [0, 0.1) is 0 Å². The van der Waals surface area contributed by atoms with Gasteiger partial charge in [-0.2, -0.15) is 23.5 Å². The predicted octanol–water partition coefficient (Wildman–Crippen LogP) is 1.44. The molecule has 60 valence electrons. The SMILES string of the molecule is CCSC1CNCC1SC. The van der Waals surface area contributed by atoms with Gasteiger partial charge in [0.05, 0.1) is 0 Å². The van der Waals surface area contributed by atoms with Gasteiger partial charge in [0, 0.05) is 23.6 Å². The Morgan fingerprint density at radius 2 is 2.10 bits per heavy atom. The Balaban J connectivity index is 2.27. The van der Waals surface area contributed by atoms with Gasteiger partial charge in [0.15, 0.2) is 0 Å². The lowest BCUT2D eigenvalue weighted by Gasteiger charge is -2.13. The predicted molar refractivity (Wildman–Crippen MR) is 52.1 cm³/mol. The van der Waals surface area contributed by atoms with Gasteiger partial charge in [-0.1, -0.05) is 6.92 Å². The Morgan fingerprint density at radius 3 is 2.70 bits per heavy atom. The van der Waals surface area contributed by atoms with Crippen molar-refractivity contribution in [3.63, 3.8) is 0 Å². The summed E-state index contributed by atoms with van der Waals surface area (Å²) in [5.41, 5.74) is 0. The molecule has 1 aliphatic rings. The van der Waals surface area contributed by atoms with Gasteiger partial charge in [-0.15, -0.1) is 0 Å². The molecule has 2 atom stereocenters. The summed E-state index contributed by atoms with van der Waals surface area (Å²) in [6.45, 7) is 4.66. The van der Waals surface area contributed by atoms with Gasteiger partial charge < -0.3 is 5.32 Å². The topological polar surface area (TPSA) is 12.0 Å². The third-order valence-corrected chi connectivity index (χ3v) is 4.32. The molecular weight excluding hydrogens is 162 g/mol. The van der Waals surface area contributed by atoms with Crippen LogP contribution in [0.15, 0.2) is 0 Å². The Labute approximate surface area is 71.7 Å². The average molecular weight is 177 g/mol. The normalized spacial score (nSPS) is 33.0. The number of hydrogen-bond acceptors (Lipinski definition) is 3. The minimum Gasteiger partial charge on any atom is -0.314 e. The highest BCUT2D eigenvalue weighted by atomic mass is 32.2. The lowest BCUT2D eigenvalue weighted by atomic mass is 10.4. The van der Waals surface area contributed by atoms with E-state index in [1.54, 1.807) is 0 Å². The van der Waals surface area contributed by atoms with Crippen molar-refractivity contribution < 1.29 is 0 Å². The molecule has 0 spiro atoms. The van der Waals surface area contributed by atoms with Crippen LogP contribution in [-0.2, 0) is 0 Å². The molecule has 1 saturated heterocycles. The van der Waals surface area contributed by atoms with Crippen LogP contribution >= 0.6 is 23.5 Å². The van der Waals surface area contributed by atoms with E-state index in [-0.39, 0.29) is 0 Å². The van der Waals surface area contributed by atoms with Gasteiger partial charge in [-0.25, -0.2) is 0 Å². The second kappa shape index (κ2) is 4.52. The van der Waals surface area contributed by atoms with E-state index in [0.717, 1.165) is 10.5 Å². The number of thioether (sulfide) groups is 2. The highest BCUT2D eigenvalue weighted by Gasteiger charge is 2.25. The fraction of sp³-hybridized carbons (Fsp3) is 1.00. The van der Waals surface area contributed by atoms with Gasteiger partial charge in [0.25, 0.3) is 0 Å². The van der Waals surface area contributed by atoms with Crippen molar-refractivity contribution in [2.75, 3.05) is 25.1 Å². The fourth-order valence-electron chi connectivity index (χ4n) is 1.25. The molecule has 0 aromatic rings. The highest BCUT2D eigenvalue weighted by Crippen LogP contribution is 2.25. The van der Waals surface area contributed by atoms with E-state index in [1.807, 2.05) is 11.8 Å². The molecule has 10 heavy (non-hydrogen) atoms. The monoisotopic (exact) mass is 177 g/mol. The number of nitrogens with one attached hydrogen (secondary N) is 1. The minimum absolute atomic E-state index is 0.852. The molecule has 1 heterocycles. The van der Waals surface area contributed by atoms with Gasteiger partial charge in [-0.05, 0) is 12.0 Å². The summed E-state index contributed by atoms with van der Waals surface area (Å²) in [5.74, 6) is 1.25. The van der Waals surface area contributed by atoms with E-state index in [9.17, 15) is 0 Å². The molecule has 0 aromatic heterocycles. The smallest absolute Gasteiger partial charge is 0.0303 e. The van der Waals surface area contributed by atoms with Gasteiger partial charge in [0.2, 0.25) is 0 Å². The molecular formula is C7H15NS2. The Morgan fingerprint density at radius 1 is 1.40 bits per heavy atom. The minimum atomic E-state index is 0.852. The molecule has 0 bridgehead atoms. The lowest BCUT2D eigenvalue weighted by molar-refractivity contribution is 0.861. The van der Waals surface area contributed by atoms with Crippen molar-refractivity contribution >= 4 is 23.5 Å². The van der Waals surface area contributed by atoms with Crippen molar-refractivity contribution in [3.8, 4) is 0 Å². The standard InChI is InChI=1S/C7H15NS2/c1-3-10-7-5-8-4-6(7)9-2/h6-8H,3-5H2,1-2H3. The molecule has 1 fully saturated rings. The Bertz CT molecular complexity index is 97.6. The Kier molecular flexibility index (Phi) is 3.96. The molecule has 2 unspecified atom stereocenters. The summed E-state index contributed by atoms with van der Waals surface area (Å²) in [4.78, 5) is 0. The quantitative estimate of drug-likeness (QED) is 0.700. The van der Waals surface area contributed by atoms with Crippen molar-refractivity contribution in [1.82, 2.24) is 5.32 Å². The summed E-state index contributed by atoms with van der Waals surface area (Å²) in [6, 6.07) is 0. The lowest BCUT2D eigenvalue weighted by Crippen LogP contribution is -2.16. The highest BCUT2D eigenvalue weighted by molar-refractivity contribution is 8.03. The van der Waals surface area contributed by atoms with Crippen LogP contribution in [0.25, 0.3) is 0 Å². The largest absolute Gasteiger partial charge is 0.314 e. The van der Waals surface area contributed by atoms with Crippen LogP contribution in [0.3, 0.4) is 0 Å². The maximum absolute atomic E-state index is 3.42. The number of rotatable bonds is 3. The second-order valence-corrected chi connectivity index (χ2v) is 5.02. The van der Waals surface area contributed by atoms with E-state index in [2.05, 4.69) is 30.3 Å². The van der Waals surface area contributed by atoms with Gasteiger partial charge in [0.1, 0.15) is 0 Å². The van der Waals surface area contributed by atoms with Crippen molar-refractivity contribution in [3.05, 3.63) is 0 Å². The zero-order chi connectivity index (χ0) is 7.40. The first-order valence-electron chi connectivity index (χ1n) is 3.73. The van der Waals surface area contributed by atoms with Crippen LogP contribution < -0.4 is 5.32 Å². The molecule has 0 radical (unpaired) electrons. The molecule has 0 aromatic carbocycles. The van der Waals surface area contributed by atoms with Crippen LogP contribution in [0.2, 0.25) is 0 Å². The molecule has 1 aliphatic heterocycles. The van der Waals surface area contributed by atoms with E-state index >= 15 is 0 Å². The maximum atomic E-state index is 3.42. The van der Waals surface area contributed by atoms with Crippen LogP contribution in [0.5, 0.6) is 0 Å². The second-order valence-electron chi connectivity index (χ2n) is 2.43. The van der Waals surface area contributed by atoms with Crippen molar-refractivity contribution in [2.45, 2.75) is 17.4 Å². The third kappa shape index (κ3) is 2.07.